The topological polar surface area (TPSA) is 54.9 Å². The first-order chi connectivity index (χ1) is 10.7. The predicted molar refractivity (Wildman–Crippen MR) is 100 cm³/mol. The zero-order chi connectivity index (χ0) is 15.8. The van der Waals surface area contributed by atoms with Gasteiger partial charge in [-0.2, -0.15) is 0 Å². The number of rotatable bonds is 6. The molecule has 0 bridgehead atoms. The summed E-state index contributed by atoms with van der Waals surface area (Å²) in [5, 5.41) is 6.48. The largest absolute Gasteiger partial charge is 0.467 e. The number of hydrogen-bond donors (Lipinski definition) is 2. The number of guanidine groups is 1. The summed E-state index contributed by atoms with van der Waals surface area (Å²) >= 11 is 0. The maximum absolute atomic E-state index is 13.6. The number of unbranched alkanes of at least 4 members (excludes halogenated alkanes) is 1. The van der Waals surface area contributed by atoms with Gasteiger partial charge in [-0.05, 0) is 30.5 Å². The number of nitrogens with zero attached hydrogens (tertiary/aromatic N) is 1. The molecule has 0 unspecified atom stereocenters. The van der Waals surface area contributed by atoms with Crippen molar-refractivity contribution in [3.63, 3.8) is 0 Å². The van der Waals surface area contributed by atoms with Crippen molar-refractivity contribution in [2.45, 2.75) is 32.8 Å². The Hall–Kier alpha value is -1.09. The first-order valence-corrected chi connectivity index (χ1v) is 7.71. The summed E-state index contributed by atoms with van der Waals surface area (Å²) in [5.74, 6) is 1.26. The van der Waals surface area contributed by atoms with E-state index >= 15 is 0 Å². The number of benzene rings is 1. The van der Waals surface area contributed by atoms with Crippen LogP contribution in [0.2, 0.25) is 0 Å². The molecule has 0 saturated carbocycles. The Bertz CT molecular complexity index is 526. The van der Waals surface area contributed by atoms with Crippen molar-refractivity contribution in [3.8, 4) is 5.75 Å². The Morgan fingerprint density at radius 3 is 2.83 bits per heavy atom. The van der Waals surface area contributed by atoms with Gasteiger partial charge >= 0.3 is 0 Å². The van der Waals surface area contributed by atoms with E-state index in [2.05, 4.69) is 22.5 Å². The highest BCUT2D eigenvalue weighted by atomic mass is 127. The predicted octanol–water partition coefficient (Wildman–Crippen LogP) is 2.82. The Morgan fingerprint density at radius 2 is 2.09 bits per heavy atom. The van der Waals surface area contributed by atoms with E-state index in [0.717, 1.165) is 42.2 Å². The van der Waals surface area contributed by atoms with Crippen LogP contribution in [0.1, 0.15) is 30.9 Å². The molecule has 0 atom stereocenters. The highest BCUT2D eigenvalue weighted by Crippen LogP contribution is 2.29. The minimum atomic E-state index is -0.256. The van der Waals surface area contributed by atoms with E-state index in [0.29, 0.717) is 19.6 Å². The quantitative estimate of drug-likeness (QED) is 0.311. The molecule has 0 amide bonds. The van der Waals surface area contributed by atoms with Crippen LogP contribution in [-0.4, -0.2) is 32.9 Å². The maximum atomic E-state index is 13.6. The monoisotopic (exact) mass is 437 g/mol. The van der Waals surface area contributed by atoms with Crippen molar-refractivity contribution in [1.29, 1.82) is 0 Å². The van der Waals surface area contributed by atoms with E-state index in [1.807, 2.05) is 0 Å². The molecule has 1 aromatic carbocycles. The maximum Gasteiger partial charge on any atom is 0.190 e. The van der Waals surface area contributed by atoms with Crippen LogP contribution in [-0.2, 0) is 17.8 Å². The van der Waals surface area contributed by atoms with Crippen LogP contribution in [0.3, 0.4) is 0 Å². The summed E-state index contributed by atoms with van der Waals surface area (Å²) in [6, 6.07) is 3.00. The lowest BCUT2D eigenvalue weighted by Gasteiger charge is -2.21. The van der Waals surface area contributed by atoms with Crippen molar-refractivity contribution in [1.82, 2.24) is 10.6 Å². The van der Waals surface area contributed by atoms with Gasteiger partial charge in [0.1, 0.15) is 11.6 Å². The molecule has 0 fully saturated rings. The van der Waals surface area contributed by atoms with Gasteiger partial charge in [-0.15, -0.1) is 24.0 Å². The fraction of sp³-hybridized carbons (Fsp3) is 0.562. The summed E-state index contributed by atoms with van der Waals surface area (Å²) in [6.07, 6.45) is 2.90. The van der Waals surface area contributed by atoms with E-state index in [1.165, 1.54) is 12.1 Å². The fourth-order valence-electron chi connectivity index (χ4n) is 2.36. The number of nitrogens with one attached hydrogen (secondary N) is 2. The Kier molecular flexibility index (Phi) is 9.23. The van der Waals surface area contributed by atoms with Crippen LogP contribution < -0.4 is 15.4 Å². The second kappa shape index (κ2) is 10.6. The molecule has 130 valence electrons. The van der Waals surface area contributed by atoms with Crippen LogP contribution in [0, 0.1) is 5.82 Å². The van der Waals surface area contributed by atoms with Crippen molar-refractivity contribution in [2.24, 2.45) is 4.99 Å². The highest BCUT2D eigenvalue weighted by Gasteiger charge is 2.16. The molecule has 7 heteroatoms. The lowest BCUT2D eigenvalue weighted by molar-refractivity contribution is -0.0172. The molecule has 23 heavy (non-hydrogen) atoms. The molecular weight excluding hydrogens is 412 g/mol. The molecule has 1 aliphatic heterocycles. The Labute approximate surface area is 154 Å². The summed E-state index contributed by atoms with van der Waals surface area (Å²) in [5.41, 5.74) is 1.63. The van der Waals surface area contributed by atoms with Gasteiger partial charge in [0.15, 0.2) is 12.8 Å². The van der Waals surface area contributed by atoms with Crippen LogP contribution >= 0.6 is 24.0 Å². The van der Waals surface area contributed by atoms with Crippen LogP contribution in [0.25, 0.3) is 0 Å². The van der Waals surface area contributed by atoms with Gasteiger partial charge in [0.05, 0.1) is 6.61 Å². The molecule has 2 N–H and O–H groups in total. The van der Waals surface area contributed by atoms with Gasteiger partial charge in [-0.1, -0.05) is 13.3 Å². The minimum absolute atomic E-state index is 0. The van der Waals surface area contributed by atoms with E-state index in [1.54, 1.807) is 7.05 Å². The van der Waals surface area contributed by atoms with E-state index in [4.69, 9.17) is 9.47 Å². The molecule has 0 aromatic heterocycles. The average Bonchev–Trinajstić information content (AvgIpc) is 2.53. The number of hydrogen-bond acceptors (Lipinski definition) is 3. The fourth-order valence-corrected chi connectivity index (χ4v) is 2.36. The van der Waals surface area contributed by atoms with E-state index in [-0.39, 0.29) is 36.6 Å². The number of aliphatic imine (C=N–C) groups is 1. The van der Waals surface area contributed by atoms with Gasteiger partial charge in [0.2, 0.25) is 0 Å². The molecule has 1 heterocycles. The molecular formula is C16H25FIN3O2. The molecule has 0 radical (unpaired) electrons. The first kappa shape index (κ1) is 20.0. The third kappa shape index (κ3) is 6.14. The van der Waals surface area contributed by atoms with Gasteiger partial charge < -0.3 is 20.1 Å². The van der Waals surface area contributed by atoms with E-state index in [9.17, 15) is 4.39 Å². The number of fused-ring (bicyclic) bond motifs is 1. The summed E-state index contributed by atoms with van der Waals surface area (Å²) < 4.78 is 24.3. The normalized spacial score (nSPS) is 13.6. The van der Waals surface area contributed by atoms with Crippen LogP contribution in [0.4, 0.5) is 4.39 Å². The molecule has 1 aliphatic rings. The van der Waals surface area contributed by atoms with Crippen LogP contribution in [0.15, 0.2) is 17.1 Å². The van der Waals surface area contributed by atoms with E-state index < -0.39 is 0 Å². The van der Waals surface area contributed by atoms with Gasteiger partial charge in [-0.25, -0.2) is 4.39 Å². The Balaban J connectivity index is 0.00000264. The standard InChI is InChI=1S/C16H24FN3O2.HI/c1-3-4-6-19-16(18-2)20-7-5-12-8-14(17)9-13-10-21-11-22-15(12)13;/h8-9H,3-7,10-11H2,1-2H3,(H2,18,19,20);1H. The van der Waals surface area contributed by atoms with Crippen molar-refractivity contribution in [3.05, 3.63) is 29.1 Å². The Morgan fingerprint density at radius 1 is 1.30 bits per heavy atom. The first-order valence-electron chi connectivity index (χ1n) is 7.71. The SMILES string of the molecule is CCCCNC(=NC)NCCc1cc(F)cc2c1OCOC2.I. The second-order valence-electron chi connectivity index (χ2n) is 5.19. The molecule has 0 aliphatic carbocycles. The van der Waals surface area contributed by atoms with Gasteiger partial charge in [-0.3, -0.25) is 4.99 Å². The smallest absolute Gasteiger partial charge is 0.190 e. The van der Waals surface area contributed by atoms with Crippen molar-refractivity contribution in [2.75, 3.05) is 26.9 Å². The van der Waals surface area contributed by atoms with Crippen LogP contribution in [0.5, 0.6) is 5.75 Å². The third-order valence-electron chi connectivity index (χ3n) is 3.48. The lowest BCUT2D eigenvalue weighted by atomic mass is 10.1. The third-order valence-corrected chi connectivity index (χ3v) is 3.48. The second-order valence-corrected chi connectivity index (χ2v) is 5.19. The summed E-state index contributed by atoms with van der Waals surface area (Å²) in [7, 11) is 1.74. The molecule has 5 nitrogen and oxygen atoms in total. The zero-order valence-electron chi connectivity index (χ0n) is 13.7. The van der Waals surface area contributed by atoms with Gasteiger partial charge in [0.25, 0.3) is 0 Å². The van der Waals surface area contributed by atoms with Crippen molar-refractivity contribution < 1.29 is 13.9 Å². The molecule has 2 rings (SSSR count). The molecule has 0 saturated heterocycles. The van der Waals surface area contributed by atoms with Crippen molar-refractivity contribution >= 4 is 29.9 Å². The molecule has 1 aromatic rings. The zero-order valence-corrected chi connectivity index (χ0v) is 16.0. The van der Waals surface area contributed by atoms with Gasteiger partial charge in [0, 0.05) is 25.7 Å². The number of ether oxygens (including phenoxy) is 2. The summed E-state index contributed by atoms with van der Waals surface area (Å²) in [4.78, 5) is 4.17. The highest BCUT2D eigenvalue weighted by molar-refractivity contribution is 14.0. The molecule has 0 spiro atoms. The lowest BCUT2D eigenvalue weighted by Crippen LogP contribution is -2.38. The average molecular weight is 437 g/mol. The number of halogens is 2. The summed E-state index contributed by atoms with van der Waals surface area (Å²) in [6.45, 7) is 4.32. The minimum Gasteiger partial charge on any atom is -0.467 e.